The van der Waals surface area contributed by atoms with Crippen molar-refractivity contribution in [1.82, 2.24) is 9.29 Å². The highest BCUT2D eigenvalue weighted by molar-refractivity contribution is 7.97. The molecular formula is C17H20N4OS. The molecule has 5 nitrogen and oxygen atoms in total. The zero-order chi connectivity index (χ0) is 16.1. The molecule has 3 rings (SSSR count). The van der Waals surface area contributed by atoms with Crippen LogP contribution in [0.1, 0.15) is 12.8 Å². The lowest BCUT2D eigenvalue weighted by atomic mass is 10.3. The van der Waals surface area contributed by atoms with Gasteiger partial charge in [-0.25, -0.2) is 9.78 Å². The molecule has 120 valence electrons. The Kier molecular flexibility index (Phi) is 5.02. The largest absolute Gasteiger partial charge is 0.371 e. The van der Waals surface area contributed by atoms with Crippen molar-refractivity contribution in [3.8, 4) is 0 Å². The average Bonchev–Trinajstić information content (AvgIpc) is 3.10. The molecule has 0 unspecified atom stereocenters. The summed E-state index contributed by atoms with van der Waals surface area (Å²) >= 11 is 1.33. The molecule has 23 heavy (non-hydrogen) atoms. The number of nitrogens with one attached hydrogen (secondary N) is 1. The summed E-state index contributed by atoms with van der Waals surface area (Å²) in [7, 11) is 1.74. The van der Waals surface area contributed by atoms with Crippen molar-refractivity contribution in [2.45, 2.75) is 17.9 Å². The molecule has 1 aliphatic rings. The highest BCUT2D eigenvalue weighted by Crippen LogP contribution is 2.26. The normalized spacial score (nSPS) is 13.9. The van der Waals surface area contributed by atoms with Gasteiger partial charge in [0.25, 0.3) is 0 Å². The molecule has 6 heteroatoms. The summed E-state index contributed by atoms with van der Waals surface area (Å²) in [6.07, 6.45) is 4.29. The molecule has 1 aromatic carbocycles. The quantitative estimate of drug-likeness (QED) is 0.866. The van der Waals surface area contributed by atoms with Crippen LogP contribution in [0.4, 0.5) is 16.2 Å². The maximum Gasteiger partial charge on any atom is 0.331 e. The maximum atomic E-state index is 12.2. The molecule has 1 aromatic heterocycles. The molecule has 1 aliphatic heterocycles. The molecule has 0 radical (unpaired) electrons. The van der Waals surface area contributed by atoms with Crippen LogP contribution < -0.4 is 10.2 Å². The maximum absolute atomic E-state index is 12.2. The third kappa shape index (κ3) is 4.16. The number of para-hydroxylation sites is 1. The van der Waals surface area contributed by atoms with Gasteiger partial charge >= 0.3 is 6.03 Å². The molecule has 1 saturated heterocycles. The number of pyridine rings is 1. The fraction of sp³-hybridized carbons (Fsp3) is 0.294. The SMILES string of the molecule is CN(Sc1cc(N2CCCC2)ccn1)C(=O)Nc1ccccc1. The van der Waals surface area contributed by atoms with E-state index in [9.17, 15) is 4.79 Å². The molecule has 0 saturated carbocycles. The van der Waals surface area contributed by atoms with Crippen molar-refractivity contribution >= 4 is 29.4 Å². The number of amides is 2. The lowest BCUT2D eigenvalue weighted by Crippen LogP contribution is -2.25. The van der Waals surface area contributed by atoms with E-state index >= 15 is 0 Å². The highest BCUT2D eigenvalue weighted by Gasteiger charge is 2.15. The van der Waals surface area contributed by atoms with Gasteiger partial charge in [-0.15, -0.1) is 0 Å². The summed E-state index contributed by atoms with van der Waals surface area (Å²) in [5, 5.41) is 3.68. The number of hydrogen-bond acceptors (Lipinski definition) is 4. The van der Waals surface area contributed by atoms with Gasteiger partial charge in [-0.3, -0.25) is 4.31 Å². The predicted octanol–water partition coefficient (Wildman–Crippen LogP) is 3.85. The summed E-state index contributed by atoms with van der Waals surface area (Å²) < 4.78 is 1.56. The van der Waals surface area contributed by atoms with Gasteiger partial charge in [0, 0.05) is 49.7 Å². The summed E-state index contributed by atoms with van der Waals surface area (Å²) in [4.78, 5) is 18.9. The van der Waals surface area contributed by atoms with E-state index in [0.717, 1.165) is 23.8 Å². The summed E-state index contributed by atoms with van der Waals surface area (Å²) in [6, 6.07) is 13.3. The topological polar surface area (TPSA) is 48.5 Å². The number of rotatable bonds is 4. The van der Waals surface area contributed by atoms with Crippen LogP contribution in [0.25, 0.3) is 0 Å². The molecule has 2 amide bonds. The molecule has 2 heterocycles. The first-order chi connectivity index (χ1) is 11.2. The Labute approximate surface area is 140 Å². The first kappa shape index (κ1) is 15.7. The fourth-order valence-electron chi connectivity index (χ4n) is 2.53. The molecule has 2 aromatic rings. The summed E-state index contributed by atoms with van der Waals surface area (Å²) in [5.74, 6) is 0. The number of hydrogen-bond donors (Lipinski definition) is 1. The number of aromatic nitrogens is 1. The first-order valence-electron chi connectivity index (χ1n) is 7.71. The van der Waals surface area contributed by atoms with Crippen LogP contribution in [0.5, 0.6) is 0 Å². The van der Waals surface area contributed by atoms with E-state index in [1.165, 1.54) is 30.5 Å². The number of nitrogens with zero attached hydrogens (tertiary/aromatic N) is 3. The third-order valence-electron chi connectivity index (χ3n) is 3.73. The lowest BCUT2D eigenvalue weighted by molar-refractivity contribution is 0.243. The Hall–Kier alpha value is -2.21. The van der Waals surface area contributed by atoms with E-state index < -0.39 is 0 Å². The minimum atomic E-state index is -0.172. The van der Waals surface area contributed by atoms with E-state index in [4.69, 9.17) is 0 Å². The minimum Gasteiger partial charge on any atom is -0.371 e. The Morgan fingerprint density at radius 2 is 1.96 bits per heavy atom. The Morgan fingerprint density at radius 3 is 2.70 bits per heavy atom. The van der Waals surface area contributed by atoms with Crippen LogP contribution >= 0.6 is 11.9 Å². The summed E-state index contributed by atoms with van der Waals surface area (Å²) in [5.41, 5.74) is 1.96. The van der Waals surface area contributed by atoms with Crippen LogP contribution in [-0.2, 0) is 0 Å². The monoisotopic (exact) mass is 328 g/mol. The highest BCUT2D eigenvalue weighted by atomic mass is 32.2. The smallest absolute Gasteiger partial charge is 0.331 e. The van der Waals surface area contributed by atoms with Crippen molar-refractivity contribution in [1.29, 1.82) is 0 Å². The van der Waals surface area contributed by atoms with E-state index in [-0.39, 0.29) is 6.03 Å². The van der Waals surface area contributed by atoms with Crippen LogP contribution in [0, 0.1) is 0 Å². The van der Waals surface area contributed by atoms with Crippen molar-refractivity contribution < 1.29 is 4.79 Å². The van der Waals surface area contributed by atoms with Gasteiger partial charge in [0.2, 0.25) is 0 Å². The Bertz CT molecular complexity index is 659. The molecule has 0 bridgehead atoms. The van der Waals surface area contributed by atoms with Gasteiger partial charge in [0.15, 0.2) is 0 Å². The molecule has 1 fully saturated rings. The van der Waals surface area contributed by atoms with Crippen LogP contribution in [-0.4, -0.2) is 35.5 Å². The number of benzene rings is 1. The molecule has 0 spiro atoms. The molecular weight excluding hydrogens is 308 g/mol. The zero-order valence-corrected chi connectivity index (χ0v) is 13.9. The van der Waals surface area contributed by atoms with Crippen molar-refractivity contribution in [3.63, 3.8) is 0 Å². The third-order valence-corrected chi connectivity index (χ3v) is 4.58. The van der Waals surface area contributed by atoms with Gasteiger partial charge < -0.3 is 10.2 Å². The zero-order valence-electron chi connectivity index (χ0n) is 13.1. The van der Waals surface area contributed by atoms with Crippen molar-refractivity contribution in [2.75, 3.05) is 30.4 Å². The van der Waals surface area contributed by atoms with Gasteiger partial charge in [0.1, 0.15) is 5.03 Å². The second kappa shape index (κ2) is 7.37. The van der Waals surface area contributed by atoms with E-state index in [1.807, 2.05) is 42.5 Å². The van der Waals surface area contributed by atoms with Crippen molar-refractivity contribution in [2.24, 2.45) is 0 Å². The Balaban J connectivity index is 1.61. The van der Waals surface area contributed by atoms with Crippen molar-refractivity contribution in [3.05, 3.63) is 48.7 Å². The lowest BCUT2D eigenvalue weighted by Gasteiger charge is -2.19. The van der Waals surface area contributed by atoms with Crippen LogP contribution in [0.3, 0.4) is 0 Å². The number of urea groups is 1. The standard InChI is InChI=1S/C17H20N4OS/c1-20(17(22)19-14-7-3-2-4-8-14)23-16-13-15(9-10-18-16)21-11-5-6-12-21/h2-4,7-10,13H,5-6,11-12H2,1H3,(H,19,22). The molecule has 0 aliphatic carbocycles. The summed E-state index contributed by atoms with van der Waals surface area (Å²) in [6.45, 7) is 2.19. The predicted molar refractivity (Wildman–Crippen MR) is 94.8 cm³/mol. The number of carbonyl (C=O) groups is 1. The molecule has 1 N–H and O–H groups in total. The van der Waals surface area contributed by atoms with Gasteiger partial charge in [-0.05, 0) is 37.1 Å². The van der Waals surface area contributed by atoms with Crippen LogP contribution in [0.15, 0.2) is 53.7 Å². The van der Waals surface area contributed by atoms with E-state index in [2.05, 4.69) is 15.2 Å². The second-order valence-electron chi connectivity index (χ2n) is 5.43. The number of anilines is 2. The van der Waals surface area contributed by atoms with E-state index in [1.54, 1.807) is 17.5 Å². The van der Waals surface area contributed by atoms with Gasteiger partial charge in [0.05, 0.1) is 0 Å². The second-order valence-corrected chi connectivity index (χ2v) is 6.58. The van der Waals surface area contributed by atoms with Crippen LogP contribution in [0.2, 0.25) is 0 Å². The number of carbonyl (C=O) groups excluding carboxylic acids is 1. The average molecular weight is 328 g/mol. The first-order valence-corrected chi connectivity index (χ1v) is 8.48. The Morgan fingerprint density at radius 1 is 1.22 bits per heavy atom. The van der Waals surface area contributed by atoms with E-state index in [0.29, 0.717) is 0 Å². The van der Waals surface area contributed by atoms with Gasteiger partial charge in [-0.2, -0.15) is 0 Å². The fourth-order valence-corrected chi connectivity index (χ4v) is 3.22. The van der Waals surface area contributed by atoms with Gasteiger partial charge in [-0.1, -0.05) is 18.2 Å². The minimum absolute atomic E-state index is 0.172. The molecule has 0 atom stereocenters.